The fourth-order valence-electron chi connectivity index (χ4n) is 1.19. The molecule has 4 nitrogen and oxygen atoms in total. The zero-order chi connectivity index (χ0) is 12.8. The number of anilines is 1. The van der Waals surface area contributed by atoms with Gasteiger partial charge < -0.3 is 10.4 Å². The molecule has 0 bridgehead atoms. The van der Waals surface area contributed by atoms with Gasteiger partial charge in [-0.2, -0.15) is 0 Å². The SMILES string of the molecule is Cc1ccc(NC(=O)CS(=O)CCO)cc1F. The molecule has 0 radical (unpaired) electrons. The van der Waals surface area contributed by atoms with Crippen molar-refractivity contribution in [1.82, 2.24) is 0 Å². The number of benzene rings is 1. The molecule has 1 unspecified atom stereocenters. The third kappa shape index (κ3) is 4.62. The van der Waals surface area contributed by atoms with Gasteiger partial charge in [-0.15, -0.1) is 0 Å². The Morgan fingerprint density at radius 2 is 2.24 bits per heavy atom. The van der Waals surface area contributed by atoms with Crippen molar-refractivity contribution in [1.29, 1.82) is 0 Å². The molecule has 94 valence electrons. The second kappa shape index (κ2) is 6.46. The van der Waals surface area contributed by atoms with Gasteiger partial charge in [0.2, 0.25) is 5.91 Å². The summed E-state index contributed by atoms with van der Waals surface area (Å²) in [6.45, 7) is 1.40. The quantitative estimate of drug-likeness (QED) is 0.822. The van der Waals surface area contributed by atoms with E-state index in [9.17, 15) is 13.4 Å². The van der Waals surface area contributed by atoms with Crippen LogP contribution in [0, 0.1) is 12.7 Å². The maximum atomic E-state index is 13.2. The standard InChI is InChI=1S/C11H14FNO3S/c1-8-2-3-9(6-10(8)12)13-11(15)7-17(16)5-4-14/h2-3,6,14H,4-5,7H2,1H3,(H,13,15). The fourth-order valence-corrected chi connectivity index (χ4v) is 1.90. The average molecular weight is 259 g/mol. The molecule has 0 fully saturated rings. The highest BCUT2D eigenvalue weighted by Gasteiger charge is 2.08. The second-order valence-corrected chi connectivity index (χ2v) is 5.10. The van der Waals surface area contributed by atoms with Crippen LogP contribution in [0.5, 0.6) is 0 Å². The number of aliphatic hydroxyl groups is 1. The topological polar surface area (TPSA) is 66.4 Å². The summed E-state index contributed by atoms with van der Waals surface area (Å²) in [5.41, 5.74) is 0.825. The van der Waals surface area contributed by atoms with E-state index < -0.39 is 22.5 Å². The van der Waals surface area contributed by atoms with Crippen molar-refractivity contribution >= 4 is 22.4 Å². The van der Waals surface area contributed by atoms with Gasteiger partial charge in [0.05, 0.1) is 6.61 Å². The van der Waals surface area contributed by atoms with E-state index in [1.165, 1.54) is 6.07 Å². The molecule has 1 rings (SSSR count). The summed E-state index contributed by atoms with van der Waals surface area (Å²) in [5, 5.41) is 11.0. The van der Waals surface area contributed by atoms with Crippen molar-refractivity contribution in [2.75, 3.05) is 23.4 Å². The van der Waals surface area contributed by atoms with Crippen LogP contribution in [0.25, 0.3) is 0 Å². The summed E-state index contributed by atoms with van der Waals surface area (Å²) in [6, 6.07) is 4.34. The number of aliphatic hydroxyl groups excluding tert-OH is 1. The number of carbonyl (C=O) groups is 1. The Kier molecular flexibility index (Phi) is 5.24. The minimum atomic E-state index is -1.39. The van der Waals surface area contributed by atoms with Crippen LogP contribution in [0.3, 0.4) is 0 Å². The number of amides is 1. The van der Waals surface area contributed by atoms with Crippen LogP contribution in [-0.4, -0.2) is 33.3 Å². The van der Waals surface area contributed by atoms with Gasteiger partial charge in [-0.25, -0.2) is 4.39 Å². The molecule has 0 aliphatic carbocycles. The zero-order valence-electron chi connectivity index (χ0n) is 9.40. The first-order valence-corrected chi connectivity index (χ1v) is 6.53. The van der Waals surface area contributed by atoms with Gasteiger partial charge in [0.15, 0.2) is 0 Å². The monoisotopic (exact) mass is 259 g/mol. The summed E-state index contributed by atoms with van der Waals surface area (Å²) in [4.78, 5) is 11.4. The highest BCUT2D eigenvalue weighted by molar-refractivity contribution is 7.85. The van der Waals surface area contributed by atoms with E-state index >= 15 is 0 Å². The first kappa shape index (κ1) is 13.8. The predicted octanol–water partition coefficient (Wildman–Crippen LogP) is 0.814. The maximum Gasteiger partial charge on any atom is 0.236 e. The smallest absolute Gasteiger partial charge is 0.236 e. The Morgan fingerprint density at radius 3 is 2.82 bits per heavy atom. The van der Waals surface area contributed by atoms with Crippen molar-refractivity contribution in [3.05, 3.63) is 29.6 Å². The molecular weight excluding hydrogens is 245 g/mol. The third-order valence-electron chi connectivity index (χ3n) is 2.07. The van der Waals surface area contributed by atoms with E-state index in [1.54, 1.807) is 19.1 Å². The van der Waals surface area contributed by atoms with E-state index in [2.05, 4.69) is 5.32 Å². The highest BCUT2D eigenvalue weighted by Crippen LogP contribution is 2.13. The van der Waals surface area contributed by atoms with E-state index in [0.717, 1.165) is 0 Å². The lowest BCUT2D eigenvalue weighted by Crippen LogP contribution is -2.21. The molecule has 17 heavy (non-hydrogen) atoms. The van der Waals surface area contributed by atoms with Crippen molar-refractivity contribution in [3.8, 4) is 0 Å². The highest BCUT2D eigenvalue weighted by atomic mass is 32.2. The molecule has 0 aromatic heterocycles. The van der Waals surface area contributed by atoms with Crippen LogP contribution < -0.4 is 5.32 Å². The molecule has 0 aliphatic rings. The van der Waals surface area contributed by atoms with Gasteiger partial charge in [-0.05, 0) is 24.6 Å². The normalized spacial score (nSPS) is 12.2. The van der Waals surface area contributed by atoms with Gasteiger partial charge >= 0.3 is 0 Å². The molecule has 0 spiro atoms. The Balaban J connectivity index is 2.56. The fraction of sp³-hybridized carbons (Fsp3) is 0.364. The van der Waals surface area contributed by atoms with Crippen LogP contribution in [0.15, 0.2) is 18.2 Å². The lowest BCUT2D eigenvalue weighted by molar-refractivity contribution is -0.113. The molecule has 6 heteroatoms. The molecule has 1 aromatic carbocycles. The van der Waals surface area contributed by atoms with Gasteiger partial charge in [0.1, 0.15) is 11.6 Å². The summed E-state index contributed by atoms with van der Waals surface area (Å²) in [7, 11) is -1.39. The largest absolute Gasteiger partial charge is 0.395 e. The van der Waals surface area contributed by atoms with Gasteiger partial charge in [-0.1, -0.05) is 6.07 Å². The van der Waals surface area contributed by atoms with Gasteiger partial charge in [-0.3, -0.25) is 9.00 Å². The molecule has 0 saturated heterocycles. The van der Waals surface area contributed by atoms with E-state index in [0.29, 0.717) is 11.3 Å². The summed E-state index contributed by atoms with van der Waals surface area (Å²) < 4.78 is 24.3. The lowest BCUT2D eigenvalue weighted by atomic mass is 10.2. The van der Waals surface area contributed by atoms with Crippen LogP contribution in [0.4, 0.5) is 10.1 Å². The number of hydrogen-bond donors (Lipinski definition) is 2. The van der Waals surface area contributed by atoms with Crippen LogP contribution in [0.1, 0.15) is 5.56 Å². The zero-order valence-corrected chi connectivity index (χ0v) is 10.2. The van der Waals surface area contributed by atoms with Crippen molar-refractivity contribution < 1.29 is 18.5 Å². The van der Waals surface area contributed by atoms with E-state index in [-0.39, 0.29) is 18.1 Å². The molecule has 0 aliphatic heterocycles. The summed E-state index contributed by atoms with van der Waals surface area (Å²) >= 11 is 0. The van der Waals surface area contributed by atoms with Crippen molar-refractivity contribution in [2.45, 2.75) is 6.92 Å². The first-order chi connectivity index (χ1) is 8.02. The minimum Gasteiger partial charge on any atom is -0.395 e. The molecule has 1 amide bonds. The maximum absolute atomic E-state index is 13.2. The molecule has 2 N–H and O–H groups in total. The summed E-state index contributed by atoms with van der Waals surface area (Å²) in [6.07, 6.45) is 0. The summed E-state index contributed by atoms with van der Waals surface area (Å²) in [5.74, 6) is -0.995. The van der Waals surface area contributed by atoms with Gasteiger partial charge in [0, 0.05) is 22.2 Å². The first-order valence-electron chi connectivity index (χ1n) is 5.04. The second-order valence-electron chi connectivity index (χ2n) is 3.52. The number of halogens is 1. The van der Waals surface area contributed by atoms with E-state index in [4.69, 9.17) is 5.11 Å². The molecule has 0 saturated carbocycles. The Hall–Kier alpha value is -1.27. The lowest BCUT2D eigenvalue weighted by Gasteiger charge is -2.06. The third-order valence-corrected chi connectivity index (χ3v) is 3.29. The van der Waals surface area contributed by atoms with Crippen LogP contribution in [0.2, 0.25) is 0 Å². The van der Waals surface area contributed by atoms with Crippen molar-refractivity contribution in [2.24, 2.45) is 0 Å². The molecule has 1 atom stereocenters. The predicted molar refractivity (Wildman–Crippen MR) is 64.7 cm³/mol. The van der Waals surface area contributed by atoms with Crippen molar-refractivity contribution in [3.63, 3.8) is 0 Å². The number of nitrogens with one attached hydrogen (secondary N) is 1. The van der Waals surface area contributed by atoms with Crippen LogP contribution >= 0.6 is 0 Å². The number of aryl methyl sites for hydroxylation is 1. The Bertz CT molecular complexity index is 437. The average Bonchev–Trinajstić information content (AvgIpc) is 2.23. The van der Waals surface area contributed by atoms with Crippen LogP contribution in [-0.2, 0) is 15.6 Å². The Labute approximate surface area is 101 Å². The Morgan fingerprint density at radius 1 is 1.53 bits per heavy atom. The molecule has 1 aromatic rings. The minimum absolute atomic E-state index is 0.0652. The molecule has 0 heterocycles. The van der Waals surface area contributed by atoms with E-state index in [1.807, 2.05) is 0 Å². The van der Waals surface area contributed by atoms with Gasteiger partial charge in [0.25, 0.3) is 0 Å². The number of hydrogen-bond acceptors (Lipinski definition) is 3. The molecular formula is C11H14FNO3S. The number of rotatable bonds is 5. The number of carbonyl (C=O) groups excluding carboxylic acids is 1.